The molecule has 1 aromatic heterocycles. The van der Waals surface area contributed by atoms with Gasteiger partial charge in [0.2, 0.25) is 0 Å². The number of rotatable bonds is 3. The molecule has 112 valence electrons. The lowest BCUT2D eigenvalue weighted by atomic mass is 9.88. The average molecular weight is 289 g/mol. The smallest absolute Gasteiger partial charge is 0.478 e. The number of carboxylic acids is 1. The Hall–Kier alpha value is -1.66. The molecule has 1 fully saturated rings. The van der Waals surface area contributed by atoms with Crippen LogP contribution in [0.15, 0.2) is 18.4 Å². The molecule has 0 aliphatic carbocycles. The third-order valence-electron chi connectivity index (χ3n) is 4.08. The predicted molar refractivity (Wildman–Crippen MR) is 81.0 cm³/mol. The van der Waals surface area contributed by atoms with Crippen LogP contribution in [0.4, 0.5) is 0 Å². The van der Waals surface area contributed by atoms with Crippen LogP contribution in [0.5, 0.6) is 0 Å². The van der Waals surface area contributed by atoms with Gasteiger partial charge in [-0.2, -0.15) is 0 Å². The zero-order chi connectivity index (χ0) is 15.8. The molecule has 0 saturated carbocycles. The van der Waals surface area contributed by atoms with E-state index in [4.69, 9.17) is 9.31 Å². The molecule has 0 unspecified atom stereocenters. The minimum atomic E-state index is -0.969. The summed E-state index contributed by atoms with van der Waals surface area (Å²) in [6.07, 6.45) is 4.75. The number of aromatic nitrogens is 1. The first-order valence-electron chi connectivity index (χ1n) is 6.86. The van der Waals surface area contributed by atoms with Gasteiger partial charge in [0.25, 0.3) is 0 Å². The zero-order valence-corrected chi connectivity index (χ0v) is 13.0. The summed E-state index contributed by atoms with van der Waals surface area (Å²) in [6.45, 7) is 9.60. The Morgan fingerprint density at radius 2 is 1.81 bits per heavy atom. The number of nitrogens with zero attached hydrogens (tertiary/aromatic N) is 1. The molecule has 21 heavy (non-hydrogen) atoms. The maximum absolute atomic E-state index is 11.3. The van der Waals surface area contributed by atoms with E-state index in [0.29, 0.717) is 11.1 Å². The number of pyridine rings is 1. The van der Waals surface area contributed by atoms with Crippen molar-refractivity contribution in [2.45, 2.75) is 45.8 Å². The van der Waals surface area contributed by atoms with Crippen LogP contribution >= 0.6 is 0 Å². The number of carbonyl (C=O) groups is 1. The lowest BCUT2D eigenvalue weighted by molar-refractivity contribution is 0.00578. The van der Waals surface area contributed by atoms with Gasteiger partial charge in [-0.1, -0.05) is 12.1 Å². The van der Waals surface area contributed by atoms with Crippen molar-refractivity contribution in [1.82, 2.24) is 4.98 Å². The van der Waals surface area contributed by atoms with E-state index < -0.39 is 24.3 Å². The standard InChI is InChI=1S/C15H20BNO4/c1-10-8-17-9-11(12(10)13(18)19)6-7-16-20-14(2,3)15(4,5)21-16/h6-9H,1-5H3,(H,18,19)/b7-6+. The number of hydrogen-bond acceptors (Lipinski definition) is 4. The number of aryl methyl sites for hydroxylation is 1. The van der Waals surface area contributed by atoms with Crippen molar-refractivity contribution in [2.24, 2.45) is 0 Å². The van der Waals surface area contributed by atoms with Gasteiger partial charge in [0, 0.05) is 18.0 Å². The van der Waals surface area contributed by atoms with Gasteiger partial charge in [-0.15, -0.1) is 0 Å². The van der Waals surface area contributed by atoms with E-state index in [9.17, 15) is 9.90 Å². The lowest BCUT2D eigenvalue weighted by Gasteiger charge is -2.32. The summed E-state index contributed by atoms with van der Waals surface area (Å²) in [7, 11) is -0.503. The van der Waals surface area contributed by atoms with Crippen LogP contribution in [-0.2, 0) is 9.31 Å². The van der Waals surface area contributed by atoms with E-state index in [1.54, 1.807) is 19.0 Å². The second-order valence-corrected chi connectivity index (χ2v) is 6.21. The van der Waals surface area contributed by atoms with Crippen LogP contribution in [0, 0.1) is 6.92 Å². The highest BCUT2D eigenvalue weighted by Crippen LogP contribution is 2.37. The van der Waals surface area contributed by atoms with E-state index >= 15 is 0 Å². The molecule has 6 heteroatoms. The van der Waals surface area contributed by atoms with Gasteiger partial charge in [-0.3, -0.25) is 4.98 Å². The molecule has 0 amide bonds. The normalized spacial score (nSPS) is 20.1. The van der Waals surface area contributed by atoms with Gasteiger partial charge in [0.15, 0.2) is 0 Å². The Balaban J connectivity index is 2.24. The van der Waals surface area contributed by atoms with Crippen molar-refractivity contribution in [2.75, 3.05) is 0 Å². The third-order valence-corrected chi connectivity index (χ3v) is 4.08. The zero-order valence-electron chi connectivity index (χ0n) is 13.0. The number of aromatic carboxylic acids is 1. The van der Waals surface area contributed by atoms with Crippen LogP contribution < -0.4 is 0 Å². The van der Waals surface area contributed by atoms with Crippen LogP contribution in [0.2, 0.25) is 0 Å². The number of carboxylic acid groups (broad SMARTS) is 1. The van der Waals surface area contributed by atoms with Crippen LogP contribution in [0.1, 0.15) is 49.2 Å². The van der Waals surface area contributed by atoms with E-state index in [1.807, 2.05) is 27.7 Å². The third kappa shape index (κ3) is 3.01. The molecule has 0 aromatic carbocycles. The molecule has 0 spiro atoms. The molecule has 0 bridgehead atoms. The molecule has 5 nitrogen and oxygen atoms in total. The topological polar surface area (TPSA) is 68.7 Å². The summed E-state index contributed by atoms with van der Waals surface area (Å²) in [5, 5.41) is 9.28. The minimum absolute atomic E-state index is 0.248. The Kier molecular flexibility index (Phi) is 3.95. The number of hydrogen-bond donors (Lipinski definition) is 1. The van der Waals surface area contributed by atoms with Crippen LogP contribution in [-0.4, -0.2) is 34.4 Å². The fourth-order valence-corrected chi connectivity index (χ4v) is 2.15. The van der Waals surface area contributed by atoms with E-state index in [-0.39, 0.29) is 5.56 Å². The fraction of sp³-hybridized carbons (Fsp3) is 0.467. The highest BCUT2D eigenvalue weighted by Gasteiger charge is 2.50. The highest BCUT2D eigenvalue weighted by molar-refractivity contribution is 6.52. The average Bonchev–Trinajstić information content (AvgIpc) is 2.54. The van der Waals surface area contributed by atoms with Gasteiger partial charge in [0.05, 0.1) is 16.8 Å². The molecule has 0 atom stereocenters. The first-order chi connectivity index (χ1) is 9.64. The van der Waals surface area contributed by atoms with Gasteiger partial charge < -0.3 is 14.4 Å². The summed E-state index contributed by atoms with van der Waals surface area (Å²) < 4.78 is 11.7. The summed E-state index contributed by atoms with van der Waals surface area (Å²) in [6, 6.07) is 0. The van der Waals surface area contributed by atoms with Crippen molar-refractivity contribution in [3.8, 4) is 0 Å². The lowest BCUT2D eigenvalue weighted by Crippen LogP contribution is -2.41. The molecular formula is C15H20BNO4. The van der Waals surface area contributed by atoms with Crippen LogP contribution in [0.25, 0.3) is 6.08 Å². The van der Waals surface area contributed by atoms with Crippen molar-refractivity contribution in [3.63, 3.8) is 0 Å². The Labute approximate surface area is 125 Å². The first kappa shape index (κ1) is 15.7. The van der Waals surface area contributed by atoms with Gasteiger partial charge in [-0.05, 0) is 40.2 Å². The summed E-state index contributed by atoms with van der Waals surface area (Å²) in [5.74, 6) is 0.753. The predicted octanol–water partition coefficient (Wildman–Crippen LogP) is 2.73. The highest BCUT2D eigenvalue weighted by atomic mass is 16.7. The molecule has 1 aliphatic rings. The minimum Gasteiger partial charge on any atom is -0.478 e. The van der Waals surface area contributed by atoms with Gasteiger partial charge in [-0.25, -0.2) is 4.79 Å². The molecule has 0 radical (unpaired) electrons. The van der Waals surface area contributed by atoms with Crippen molar-refractivity contribution >= 4 is 19.2 Å². The summed E-state index contributed by atoms with van der Waals surface area (Å²) in [5.41, 5.74) is 0.582. The fourth-order valence-electron chi connectivity index (χ4n) is 2.15. The van der Waals surface area contributed by atoms with Crippen molar-refractivity contribution < 1.29 is 19.2 Å². The molecule has 2 rings (SSSR count). The molecule has 1 N–H and O–H groups in total. The van der Waals surface area contributed by atoms with Gasteiger partial charge in [0.1, 0.15) is 0 Å². The summed E-state index contributed by atoms with van der Waals surface area (Å²) >= 11 is 0. The second kappa shape index (κ2) is 5.28. The van der Waals surface area contributed by atoms with Crippen LogP contribution in [0.3, 0.4) is 0 Å². The largest absolute Gasteiger partial charge is 0.487 e. The SMILES string of the molecule is Cc1cncc(/C=C/B2OC(C)(C)C(C)(C)O2)c1C(=O)O. The summed E-state index contributed by atoms with van der Waals surface area (Å²) in [4.78, 5) is 15.4. The Bertz CT molecular complexity index is 579. The molecular weight excluding hydrogens is 269 g/mol. The van der Waals surface area contributed by atoms with E-state index in [1.165, 1.54) is 12.4 Å². The van der Waals surface area contributed by atoms with Crippen molar-refractivity contribution in [1.29, 1.82) is 0 Å². The first-order valence-corrected chi connectivity index (χ1v) is 6.86. The quantitative estimate of drug-likeness (QED) is 0.866. The van der Waals surface area contributed by atoms with E-state index in [0.717, 1.165) is 0 Å². The molecule has 2 heterocycles. The van der Waals surface area contributed by atoms with Gasteiger partial charge >= 0.3 is 13.1 Å². The molecule has 1 aromatic rings. The second-order valence-electron chi connectivity index (χ2n) is 6.21. The molecule has 1 aliphatic heterocycles. The monoisotopic (exact) mass is 289 g/mol. The molecule has 1 saturated heterocycles. The maximum Gasteiger partial charge on any atom is 0.487 e. The van der Waals surface area contributed by atoms with Crippen molar-refractivity contribution in [3.05, 3.63) is 35.1 Å². The maximum atomic E-state index is 11.3. The Morgan fingerprint density at radius 3 is 2.33 bits per heavy atom. The van der Waals surface area contributed by atoms with E-state index in [2.05, 4.69) is 4.98 Å². The Morgan fingerprint density at radius 1 is 1.24 bits per heavy atom.